The molecule has 0 atom stereocenters. The first kappa shape index (κ1) is 18.7. The highest BCUT2D eigenvalue weighted by Gasteiger charge is 2.11. The molecule has 0 N–H and O–H groups in total. The first-order valence-corrected chi connectivity index (χ1v) is 7.56. The minimum absolute atomic E-state index is 0.0686. The summed E-state index contributed by atoms with van der Waals surface area (Å²) in [5.74, 6) is -0.355. The zero-order valence-electron chi connectivity index (χ0n) is 13.6. The summed E-state index contributed by atoms with van der Waals surface area (Å²) in [5, 5.41) is -0.0686. The summed E-state index contributed by atoms with van der Waals surface area (Å²) in [4.78, 5) is 31.3. The van der Waals surface area contributed by atoms with Crippen LogP contribution in [0.3, 0.4) is 0 Å². The normalized spacial score (nSPS) is 10.2. The van der Waals surface area contributed by atoms with Gasteiger partial charge in [0, 0.05) is 19.8 Å². The lowest BCUT2D eigenvalue weighted by atomic mass is 10.1. The van der Waals surface area contributed by atoms with Crippen molar-refractivity contribution < 1.29 is 13.9 Å². The van der Waals surface area contributed by atoms with Gasteiger partial charge in [-0.1, -0.05) is 0 Å². The molecule has 0 unspecified atom stereocenters. The van der Waals surface area contributed by atoms with Crippen molar-refractivity contribution in [2.24, 2.45) is 0 Å². The molecule has 0 aliphatic carbocycles. The van der Waals surface area contributed by atoms with Crippen LogP contribution in [0.2, 0.25) is 5.28 Å². The molecule has 0 amide bonds. The number of nitrogens with zero attached hydrogens (tertiary/aromatic N) is 3. The molecule has 6 nitrogen and oxygen atoms in total. The number of methoxy groups -OCH3 is 1. The van der Waals surface area contributed by atoms with Gasteiger partial charge in [-0.15, -0.1) is 0 Å². The SMILES string of the molecule is COC.O=CCn1c(Cl)nc2ccc(-c3ccc(F)cc3)nc2c1=O. The number of aldehydes is 1. The molecule has 3 rings (SSSR count). The fourth-order valence-electron chi connectivity index (χ4n) is 2.08. The molecular formula is C17H15ClFN3O3. The van der Waals surface area contributed by atoms with E-state index in [1.54, 1.807) is 38.5 Å². The maximum absolute atomic E-state index is 13.0. The largest absolute Gasteiger partial charge is 0.388 e. The van der Waals surface area contributed by atoms with Crippen LogP contribution in [0.4, 0.5) is 4.39 Å². The third kappa shape index (κ3) is 4.26. The molecule has 0 aliphatic heterocycles. The number of carbonyl (C=O) groups excluding carboxylic acids is 1. The lowest BCUT2D eigenvalue weighted by Crippen LogP contribution is -2.23. The standard InChI is InChI=1S/C15H9ClFN3O2.C2H6O/c16-15-19-12-6-5-11(9-1-3-10(17)4-2-9)18-13(12)14(22)20(15)7-8-21;1-3-2/h1-6,8H,7H2;1-2H3. The van der Waals surface area contributed by atoms with E-state index in [4.69, 9.17) is 11.6 Å². The predicted molar refractivity (Wildman–Crippen MR) is 93.2 cm³/mol. The highest BCUT2D eigenvalue weighted by Crippen LogP contribution is 2.20. The van der Waals surface area contributed by atoms with Crippen LogP contribution in [0.25, 0.3) is 22.3 Å². The van der Waals surface area contributed by atoms with Gasteiger partial charge in [-0.05, 0) is 48.0 Å². The second-order valence-corrected chi connectivity index (χ2v) is 5.28. The van der Waals surface area contributed by atoms with Crippen molar-refractivity contribution in [1.82, 2.24) is 14.5 Å². The maximum Gasteiger partial charge on any atom is 0.281 e. The van der Waals surface area contributed by atoms with Crippen LogP contribution in [-0.4, -0.2) is 35.0 Å². The quantitative estimate of drug-likeness (QED) is 0.528. The zero-order chi connectivity index (χ0) is 18.4. The van der Waals surface area contributed by atoms with Crippen LogP contribution in [0, 0.1) is 5.82 Å². The molecule has 25 heavy (non-hydrogen) atoms. The highest BCUT2D eigenvalue weighted by molar-refractivity contribution is 6.28. The Bertz CT molecular complexity index is 942. The van der Waals surface area contributed by atoms with Crippen molar-refractivity contribution in [3.63, 3.8) is 0 Å². The van der Waals surface area contributed by atoms with Crippen molar-refractivity contribution in [2.45, 2.75) is 6.54 Å². The fourth-order valence-corrected chi connectivity index (χ4v) is 2.32. The molecule has 0 saturated heterocycles. The fraction of sp³-hybridized carbons (Fsp3) is 0.176. The van der Waals surface area contributed by atoms with Gasteiger partial charge in [0.2, 0.25) is 5.28 Å². The molecular weight excluding hydrogens is 349 g/mol. The van der Waals surface area contributed by atoms with Gasteiger partial charge in [0.1, 0.15) is 12.1 Å². The molecule has 0 fully saturated rings. The minimum Gasteiger partial charge on any atom is -0.388 e. The van der Waals surface area contributed by atoms with E-state index in [-0.39, 0.29) is 23.2 Å². The summed E-state index contributed by atoms with van der Waals surface area (Å²) in [6, 6.07) is 9.04. The smallest absolute Gasteiger partial charge is 0.281 e. The Morgan fingerprint density at radius 1 is 1.16 bits per heavy atom. The Kier molecular flexibility index (Phi) is 6.32. The van der Waals surface area contributed by atoms with Crippen molar-refractivity contribution in [1.29, 1.82) is 0 Å². The Balaban J connectivity index is 0.000000701. The molecule has 2 aromatic heterocycles. The first-order valence-electron chi connectivity index (χ1n) is 7.18. The van der Waals surface area contributed by atoms with Gasteiger partial charge in [0.15, 0.2) is 5.52 Å². The molecule has 0 bridgehead atoms. The van der Waals surface area contributed by atoms with Gasteiger partial charge in [0.05, 0.1) is 17.8 Å². The Hall–Kier alpha value is -2.64. The third-order valence-electron chi connectivity index (χ3n) is 3.15. The van der Waals surface area contributed by atoms with Gasteiger partial charge >= 0.3 is 0 Å². The summed E-state index contributed by atoms with van der Waals surface area (Å²) in [5.41, 5.74) is 1.12. The van der Waals surface area contributed by atoms with Crippen molar-refractivity contribution in [3.8, 4) is 11.3 Å². The van der Waals surface area contributed by atoms with E-state index in [1.165, 1.54) is 12.1 Å². The Morgan fingerprint density at radius 3 is 2.40 bits per heavy atom. The number of hydrogen-bond acceptors (Lipinski definition) is 5. The number of rotatable bonds is 3. The first-order chi connectivity index (χ1) is 12.0. The lowest BCUT2D eigenvalue weighted by Gasteiger charge is -2.07. The molecule has 0 aliphatic rings. The van der Waals surface area contributed by atoms with E-state index in [0.29, 0.717) is 23.1 Å². The number of aromatic nitrogens is 3. The van der Waals surface area contributed by atoms with Gasteiger partial charge < -0.3 is 9.53 Å². The number of carbonyl (C=O) groups is 1. The number of pyridine rings is 1. The van der Waals surface area contributed by atoms with Crippen molar-refractivity contribution in [3.05, 3.63) is 57.9 Å². The lowest BCUT2D eigenvalue weighted by molar-refractivity contribution is -0.108. The van der Waals surface area contributed by atoms with Crippen LogP contribution in [-0.2, 0) is 16.1 Å². The summed E-state index contributed by atoms with van der Waals surface area (Å²) in [6.45, 7) is -0.191. The Morgan fingerprint density at radius 2 is 1.80 bits per heavy atom. The molecule has 0 radical (unpaired) electrons. The molecule has 2 heterocycles. The van der Waals surface area contributed by atoms with E-state index >= 15 is 0 Å². The number of halogens is 2. The van der Waals surface area contributed by atoms with Gasteiger partial charge in [0.25, 0.3) is 5.56 Å². The summed E-state index contributed by atoms with van der Waals surface area (Å²) < 4.78 is 18.3. The van der Waals surface area contributed by atoms with Crippen LogP contribution in [0.1, 0.15) is 0 Å². The van der Waals surface area contributed by atoms with E-state index in [1.807, 2.05) is 0 Å². The van der Waals surface area contributed by atoms with Gasteiger partial charge in [-0.25, -0.2) is 14.4 Å². The molecule has 3 aromatic rings. The topological polar surface area (TPSA) is 74.1 Å². The maximum atomic E-state index is 13.0. The predicted octanol–water partition coefficient (Wildman–Crippen LogP) is 2.71. The number of benzene rings is 1. The molecule has 130 valence electrons. The molecule has 1 aromatic carbocycles. The van der Waals surface area contributed by atoms with E-state index < -0.39 is 5.56 Å². The summed E-state index contributed by atoms with van der Waals surface area (Å²) >= 11 is 5.88. The van der Waals surface area contributed by atoms with Gasteiger partial charge in [-0.2, -0.15) is 0 Å². The number of fused-ring (bicyclic) bond motifs is 1. The number of ether oxygens (including phenoxy) is 1. The average Bonchev–Trinajstić information content (AvgIpc) is 2.60. The van der Waals surface area contributed by atoms with Crippen LogP contribution in [0.15, 0.2) is 41.2 Å². The molecule has 8 heteroatoms. The molecule has 0 saturated carbocycles. The van der Waals surface area contributed by atoms with Crippen LogP contribution >= 0.6 is 11.6 Å². The minimum atomic E-state index is -0.494. The van der Waals surface area contributed by atoms with Crippen LogP contribution < -0.4 is 5.56 Å². The second-order valence-electron chi connectivity index (χ2n) is 4.94. The van der Waals surface area contributed by atoms with Gasteiger partial charge in [-0.3, -0.25) is 9.36 Å². The summed E-state index contributed by atoms with van der Waals surface area (Å²) in [7, 11) is 3.25. The highest BCUT2D eigenvalue weighted by atomic mass is 35.5. The number of hydrogen-bond donors (Lipinski definition) is 0. The second kappa shape index (κ2) is 8.46. The van der Waals surface area contributed by atoms with E-state index in [2.05, 4.69) is 14.7 Å². The zero-order valence-corrected chi connectivity index (χ0v) is 14.3. The van der Waals surface area contributed by atoms with E-state index in [9.17, 15) is 14.0 Å². The van der Waals surface area contributed by atoms with E-state index in [0.717, 1.165) is 4.57 Å². The van der Waals surface area contributed by atoms with Crippen LogP contribution in [0.5, 0.6) is 0 Å². The Labute approximate surface area is 147 Å². The third-order valence-corrected chi connectivity index (χ3v) is 3.44. The monoisotopic (exact) mass is 363 g/mol. The summed E-state index contributed by atoms with van der Waals surface area (Å²) in [6.07, 6.45) is 0.560. The molecule has 0 spiro atoms. The average molecular weight is 364 g/mol. The van der Waals surface area contributed by atoms with Crippen molar-refractivity contribution in [2.75, 3.05) is 14.2 Å². The van der Waals surface area contributed by atoms with Crippen molar-refractivity contribution >= 4 is 28.9 Å².